The summed E-state index contributed by atoms with van der Waals surface area (Å²) in [5.41, 5.74) is 6.45. The number of carbonyl (C=O) groups excluding carboxylic acids is 1. The number of nitrogens with one attached hydrogen (secondary N) is 2. The van der Waals surface area contributed by atoms with Gasteiger partial charge in [-0.15, -0.1) is 0 Å². The van der Waals surface area contributed by atoms with E-state index >= 15 is 0 Å². The second-order valence-electron chi connectivity index (χ2n) is 7.05. The zero-order chi connectivity index (χ0) is 17.6. The lowest BCUT2D eigenvalue weighted by atomic mass is 10.1. The normalized spacial score (nSPS) is 12.9. The molecule has 1 aliphatic rings. The number of fused-ring (bicyclic) bond motifs is 1. The summed E-state index contributed by atoms with van der Waals surface area (Å²) in [7, 11) is 4.11. The number of aryl methyl sites for hydroxylation is 2. The third-order valence-corrected chi connectivity index (χ3v) is 4.56. The fourth-order valence-electron chi connectivity index (χ4n) is 3.37. The van der Waals surface area contributed by atoms with Crippen LogP contribution in [0.1, 0.15) is 34.2 Å². The van der Waals surface area contributed by atoms with E-state index in [1.54, 1.807) is 0 Å². The van der Waals surface area contributed by atoms with Crippen molar-refractivity contribution in [3.8, 4) is 0 Å². The highest BCUT2D eigenvalue weighted by molar-refractivity contribution is 5.73. The van der Waals surface area contributed by atoms with E-state index in [0.29, 0.717) is 13.1 Å². The Bertz CT molecular complexity index is 740. The van der Waals surface area contributed by atoms with Gasteiger partial charge in [-0.25, -0.2) is 4.79 Å². The van der Waals surface area contributed by atoms with E-state index in [4.69, 9.17) is 0 Å². The highest BCUT2D eigenvalue weighted by Gasteiger charge is 2.11. The van der Waals surface area contributed by atoms with Gasteiger partial charge in [-0.1, -0.05) is 42.5 Å². The summed E-state index contributed by atoms with van der Waals surface area (Å²) in [5, 5.41) is 5.89. The number of urea groups is 1. The number of hydrogen-bond donors (Lipinski definition) is 2. The van der Waals surface area contributed by atoms with E-state index in [9.17, 15) is 4.79 Å². The highest BCUT2D eigenvalue weighted by Crippen LogP contribution is 2.22. The zero-order valence-corrected chi connectivity index (χ0v) is 15.1. The standard InChI is InChI=1S/C21H27N3O/c1-24(2)15-18-6-3-5-16(11-18)13-22-21(25)23-14-17-9-10-19-7-4-8-20(19)12-17/h3,5-6,9-12H,4,7-8,13-15H2,1-2H3,(H2,22,23,25). The van der Waals surface area contributed by atoms with Gasteiger partial charge in [-0.2, -0.15) is 0 Å². The summed E-state index contributed by atoms with van der Waals surface area (Å²) in [6.45, 7) is 2.01. The van der Waals surface area contributed by atoms with Crippen molar-refractivity contribution >= 4 is 6.03 Å². The van der Waals surface area contributed by atoms with Crippen LogP contribution in [0.25, 0.3) is 0 Å². The van der Waals surface area contributed by atoms with Crippen molar-refractivity contribution in [3.63, 3.8) is 0 Å². The van der Waals surface area contributed by atoms with Crippen LogP contribution in [-0.4, -0.2) is 25.0 Å². The van der Waals surface area contributed by atoms with Crippen LogP contribution >= 0.6 is 0 Å². The molecular weight excluding hydrogens is 310 g/mol. The maximum Gasteiger partial charge on any atom is 0.315 e. The lowest BCUT2D eigenvalue weighted by molar-refractivity contribution is 0.240. The third kappa shape index (κ3) is 5.07. The number of amides is 2. The molecule has 0 aliphatic heterocycles. The SMILES string of the molecule is CN(C)Cc1cccc(CNC(=O)NCc2ccc3c(c2)CCC3)c1. The van der Waals surface area contributed by atoms with Crippen LogP contribution in [0.2, 0.25) is 0 Å². The van der Waals surface area contributed by atoms with Gasteiger partial charge in [0.1, 0.15) is 0 Å². The van der Waals surface area contributed by atoms with E-state index in [0.717, 1.165) is 12.1 Å². The predicted octanol–water partition coefficient (Wildman–Crippen LogP) is 3.24. The maximum atomic E-state index is 12.1. The number of benzene rings is 2. The largest absolute Gasteiger partial charge is 0.334 e. The molecule has 0 saturated heterocycles. The number of hydrogen-bond acceptors (Lipinski definition) is 2. The lowest BCUT2D eigenvalue weighted by Gasteiger charge is -2.12. The van der Waals surface area contributed by atoms with Gasteiger partial charge in [0.05, 0.1) is 0 Å². The first-order valence-corrected chi connectivity index (χ1v) is 8.95. The molecule has 0 heterocycles. The minimum atomic E-state index is -0.126. The molecule has 0 saturated carbocycles. The van der Waals surface area contributed by atoms with E-state index in [1.807, 2.05) is 12.1 Å². The molecule has 0 fully saturated rings. The van der Waals surface area contributed by atoms with Gasteiger partial charge in [0.15, 0.2) is 0 Å². The fourth-order valence-corrected chi connectivity index (χ4v) is 3.37. The maximum absolute atomic E-state index is 12.1. The Hall–Kier alpha value is -2.33. The molecule has 0 atom stereocenters. The summed E-state index contributed by atoms with van der Waals surface area (Å²) >= 11 is 0. The van der Waals surface area contributed by atoms with Crippen molar-refractivity contribution in [2.45, 2.75) is 38.9 Å². The van der Waals surface area contributed by atoms with Crippen molar-refractivity contribution in [1.29, 1.82) is 0 Å². The number of nitrogens with zero attached hydrogens (tertiary/aromatic N) is 1. The molecular formula is C21H27N3O. The summed E-state index contributed by atoms with van der Waals surface area (Å²) in [5.74, 6) is 0. The van der Waals surface area contributed by atoms with Crippen LogP contribution < -0.4 is 10.6 Å². The van der Waals surface area contributed by atoms with Crippen molar-refractivity contribution in [1.82, 2.24) is 15.5 Å². The summed E-state index contributed by atoms with van der Waals surface area (Å²) in [6, 6.07) is 14.8. The molecule has 1 aliphatic carbocycles. The first-order valence-electron chi connectivity index (χ1n) is 8.95. The molecule has 2 aromatic rings. The second kappa shape index (κ2) is 8.17. The van der Waals surface area contributed by atoms with E-state index < -0.39 is 0 Å². The Morgan fingerprint density at radius 1 is 0.920 bits per heavy atom. The topological polar surface area (TPSA) is 44.4 Å². The monoisotopic (exact) mass is 337 g/mol. The average Bonchev–Trinajstić information content (AvgIpc) is 3.05. The summed E-state index contributed by atoms with van der Waals surface area (Å²) in [6.07, 6.45) is 3.61. The van der Waals surface area contributed by atoms with Crippen LogP contribution in [0.3, 0.4) is 0 Å². The van der Waals surface area contributed by atoms with Crippen molar-refractivity contribution in [2.24, 2.45) is 0 Å². The molecule has 25 heavy (non-hydrogen) atoms. The fraction of sp³-hybridized carbons (Fsp3) is 0.381. The quantitative estimate of drug-likeness (QED) is 0.850. The molecule has 4 heteroatoms. The zero-order valence-electron chi connectivity index (χ0n) is 15.1. The number of rotatable bonds is 6. The van der Waals surface area contributed by atoms with Gasteiger partial charge < -0.3 is 15.5 Å². The van der Waals surface area contributed by atoms with Crippen molar-refractivity contribution in [3.05, 3.63) is 70.3 Å². The van der Waals surface area contributed by atoms with E-state index in [1.165, 1.54) is 41.5 Å². The molecule has 0 unspecified atom stereocenters. The first-order chi connectivity index (χ1) is 12.1. The lowest BCUT2D eigenvalue weighted by Crippen LogP contribution is -2.34. The van der Waals surface area contributed by atoms with Crippen LogP contribution in [-0.2, 0) is 32.5 Å². The molecule has 2 aromatic carbocycles. The second-order valence-corrected chi connectivity index (χ2v) is 7.05. The minimum absolute atomic E-state index is 0.126. The Balaban J connectivity index is 1.47. The third-order valence-electron chi connectivity index (χ3n) is 4.56. The van der Waals surface area contributed by atoms with Gasteiger partial charge in [0.25, 0.3) is 0 Å². The van der Waals surface area contributed by atoms with Crippen LogP contribution in [0.5, 0.6) is 0 Å². The summed E-state index contributed by atoms with van der Waals surface area (Å²) in [4.78, 5) is 14.2. The summed E-state index contributed by atoms with van der Waals surface area (Å²) < 4.78 is 0. The van der Waals surface area contributed by atoms with Crippen LogP contribution in [0, 0.1) is 0 Å². The molecule has 2 amide bonds. The Morgan fingerprint density at radius 2 is 1.60 bits per heavy atom. The molecule has 2 N–H and O–H groups in total. The van der Waals surface area contributed by atoms with E-state index in [2.05, 4.69) is 60.0 Å². The Morgan fingerprint density at radius 3 is 2.36 bits per heavy atom. The molecule has 0 radical (unpaired) electrons. The molecule has 132 valence electrons. The van der Waals surface area contributed by atoms with E-state index in [-0.39, 0.29) is 6.03 Å². The molecule has 3 rings (SSSR count). The van der Waals surface area contributed by atoms with Crippen LogP contribution in [0.15, 0.2) is 42.5 Å². The van der Waals surface area contributed by atoms with Gasteiger partial charge >= 0.3 is 6.03 Å². The van der Waals surface area contributed by atoms with Gasteiger partial charge in [0, 0.05) is 19.6 Å². The molecule has 0 bridgehead atoms. The average molecular weight is 337 g/mol. The van der Waals surface area contributed by atoms with Gasteiger partial charge in [-0.3, -0.25) is 0 Å². The van der Waals surface area contributed by atoms with Gasteiger partial charge in [0.2, 0.25) is 0 Å². The Labute approximate surface area is 150 Å². The smallest absolute Gasteiger partial charge is 0.315 e. The highest BCUT2D eigenvalue weighted by atomic mass is 16.2. The van der Waals surface area contributed by atoms with Crippen molar-refractivity contribution < 1.29 is 4.79 Å². The molecule has 0 spiro atoms. The predicted molar refractivity (Wildman–Crippen MR) is 101 cm³/mol. The number of carbonyl (C=O) groups is 1. The molecule has 4 nitrogen and oxygen atoms in total. The van der Waals surface area contributed by atoms with Crippen LogP contribution in [0.4, 0.5) is 4.79 Å². The Kier molecular flexibility index (Phi) is 5.71. The molecule has 0 aromatic heterocycles. The first kappa shape index (κ1) is 17.5. The van der Waals surface area contributed by atoms with Crippen molar-refractivity contribution in [2.75, 3.05) is 14.1 Å². The van der Waals surface area contributed by atoms with Gasteiger partial charge in [-0.05, 0) is 61.2 Å². The minimum Gasteiger partial charge on any atom is -0.334 e.